The molecule has 0 saturated carbocycles. The Bertz CT molecular complexity index is 857. The van der Waals surface area contributed by atoms with E-state index in [0.29, 0.717) is 5.52 Å². The Hall–Kier alpha value is -2.46. The molecule has 0 aliphatic carbocycles. The summed E-state index contributed by atoms with van der Waals surface area (Å²) < 4.78 is 0. The van der Waals surface area contributed by atoms with Gasteiger partial charge in [-0.3, -0.25) is 9.88 Å². The predicted octanol–water partition coefficient (Wildman–Crippen LogP) is 3.83. The molecule has 1 aliphatic rings. The van der Waals surface area contributed by atoms with Crippen molar-refractivity contribution >= 4 is 10.9 Å². The molecule has 1 fully saturated rings. The second-order valence-corrected chi connectivity index (χ2v) is 6.43. The van der Waals surface area contributed by atoms with Crippen LogP contribution in [0.2, 0.25) is 0 Å². The summed E-state index contributed by atoms with van der Waals surface area (Å²) in [6.45, 7) is 4.00. The highest BCUT2D eigenvalue weighted by Crippen LogP contribution is 2.38. The molecule has 3 heterocycles. The number of fused-ring (bicyclic) bond motifs is 1. The molecule has 0 radical (unpaired) electrons. The number of rotatable bonds is 3. The highest BCUT2D eigenvalue weighted by atomic mass is 16.3. The molecule has 0 spiro atoms. The summed E-state index contributed by atoms with van der Waals surface area (Å²) in [6.07, 6.45) is 4.20. The van der Waals surface area contributed by atoms with Gasteiger partial charge in [-0.05, 0) is 51.1 Å². The van der Waals surface area contributed by atoms with E-state index < -0.39 is 0 Å². The summed E-state index contributed by atoms with van der Waals surface area (Å²) in [6, 6.07) is 14.0. The SMILES string of the molecule is Cc1ccc2ccc(C(c3ccccn3)N3CCCC3)c(O)c2n1. The molecule has 1 aliphatic heterocycles. The zero-order valence-corrected chi connectivity index (χ0v) is 13.8. The fraction of sp³-hybridized carbons (Fsp3) is 0.300. The van der Waals surface area contributed by atoms with Gasteiger partial charge in [0.05, 0.1) is 11.7 Å². The van der Waals surface area contributed by atoms with Gasteiger partial charge in [0.1, 0.15) is 11.3 Å². The van der Waals surface area contributed by atoms with E-state index in [2.05, 4.69) is 14.9 Å². The van der Waals surface area contributed by atoms with Gasteiger partial charge in [-0.25, -0.2) is 4.98 Å². The molecule has 1 N–H and O–H groups in total. The van der Waals surface area contributed by atoms with Crippen LogP contribution in [0.4, 0.5) is 0 Å². The van der Waals surface area contributed by atoms with Crippen LogP contribution < -0.4 is 0 Å². The molecule has 0 bridgehead atoms. The van der Waals surface area contributed by atoms with Gasteiger partial charge in [0, 0.05) is 22.8 Å². The monoisotopic (exact) mass is 319 g/mol. The van der Waals surface area contributed by atoms with Crippen molar-refractivity contribution in [3.63, 3.8) is 0 Å². The molecule has 3 aromatic rings. The lowest BCUT2D eigenvalue weighted by Crippen LogP contribution is -2.27. The lowest BCUT2D eigenvalue weighted by Gasteiger charge is -2.28. The molecule has 1 saturated heterocycles. The van der Waals surface area contributed by atoms with Crippen LogP contribution in [0.5, 0.6) is 5.75 Å². The topological polar surface area (TPSA) is 49.2 Å². The average molecular weight is 319 g/mol. The van der Waals surface area contributed by atoms with Crippen LogP contribution in [0.25, 0.3) is 10.9 Å². The van der Waals surface area contributed by atoms with Gasteiger partial charge in [0.15, 0.2) is 0 Å². The van der Waals surface area contributed by atoms with E-state index >= 15 is 0 Å². The number of likely N-dealkylation sites (tertiary alicyclic amines) is 1. The summed E-state index contributed by atoms with van der Waals surface area (Å²) in [7, 11) is 0. The molecule has 24 heavy (non-hydrogen) atoms. The fourth-order valence-corrected chi connectivity index (χ4v) is 3.59. The van der Waals surface area contributed by atoms with Crippen LogP contribution in [0.1, 0.15) is 35.8 Å². The predicted molar refractivity (Wildman–Crippen MR) is 95.0 cm³/mol. The number of pyridine rings is 2. The third kappa shape index (κ3) is 2.63. The van der Waals surface area contributed by atoms with Crippen molar-refractivity contribution in [3.05, 3.63) is 65.6 Å². The summed E-state index contributed by atoms with van der Waals surface area (Å²) in [5.74, 6) is 0.277. The third-order valence-corrected chi connectivity index (χ3v) is 4.77. The van der Waals surface area contributed by atoms with E-state index in [4.69, 9.17) is 0 Å². The number of aryl methyl sites for hydroxylation is 1. The first-order valence-electron chi connectivity index (χ1n) is 8.48. The van der Waals surface area contributed by atoms with Crippen molar-refractivity contribution in [3.8, 4) is 5.75 Å². The quantitative estimate of drug-likeness (QED) is 0.797. The Labute approximate surface area is 141 Å². The zero-order chi connectivity index (χ0) is 16.5. The number of phenols is 1. The smallest absolute Gasteiger partial charge is 0.146 e. The second kappa shape index (κ2) is 6.21. The molecule has 4 heteroatoms. The third-order valence-electron chi connectivity index (χ3n) is 4.77. The molecule has 0 amide bonds. The van der Waals surface area contributed by atoms with Gasteiger partial charge >= 0.3 is 0 Å². The molecule has 1 aromatic carbocycles. The summed E-state index contributed by atoms with van der Waals surface area (Å²) in [5.41, 5.74) is 3.45. The molecule has 2 aromatic heterocycles. The van der Waals surface area contributed by atoms with Gasteiger partial charge in [0.2, 0.25) is 0 Å². The number of phenolic OH excluding ortho intramolecular Hbond substituents is 1. The first-order valence-corrected chi connectivity index (χ1v) is 8.48. The Morgan fingerprint density at radius 1 is 1.04 bits per heavy atom. The maximum absolute atomic E-state index is 10.9. The molecule has 4 nitrogen and oxygen atoms in total. The number of benzene rings is 1. The molecule has 122 valence electrons. The molecule has 1 unspecified atom stereocenters. The van der Waals surface area contributed by atoms with Crippen molar-refractivity contribution in [1.82, 2.24) is 14.9 Å². The zero-order valence-electron chi connectivity index (χ0n) is 13.8. The number of aromatic hydroxyl groups is 1. The van der Waals surface area contributed by atoms with Crippen molar-refractivity contribution < 1.29 is 5.11 Å². The largest absolute Gasteiger partial charge is 0.505 e. The highest BCUT2D eigenvalue weighted by molar-refractivity contribution is 5.86. The Morgan fingerprint density at radius 3 is 2.58 bits per heavy atom. The van der Waals surface area contributed by atoms with E-state index in [1.807, 2.05) is 55.6 Å². The minimum absolute atomic E-state index is 0.0274. The molecular formula is C20H21N3O. The van der Waals surface area contributed by atoms with Crippen LogP contribution in [-0.4, -0.2) is 33.1 Å². The summed E-state index contributed by atoms with van der Waals surface area (Å²) in [4.78, 5) is 11.5. The van der Waals surface area contributed by atoms with Crippen LogP contribution in [0.15, 0.2) is 48.7 Å². The Balaban J connectivity index is 1.89. The molecular weight excluding hydrogens is 298 g/mol. The molecule has 1 atom stereocenters. The Kier molecular flexibility index (Phi) is 3.90. The standard InChI is InChI=1S/C20H21N3O/c1-14-7-8-15-9-10-16(20(24)18(15)22-14)19(23-12-4-5-13-23)17-6-2-3-11-21-17/h2-3,6-11,19,24H,4-5,12-13H2,1H3. The van der Waals surface area contributed by atoms with E-state index in [0.717, 1.165) is 35.4 Å². The van der Waals surface area contributed by atoms with Crippen molar-refractivity contribution in [2.75, 3.05) is 13.1 Å². The number of hydrogen-bond donors (Lipinski definition) is 1. The fourth-order valence-electron chi connectivity index (χ4n) is 3.59. The van der Waals surface area contributed by atoms with Crippen LogP contribution in [-0.2, 0) is 0 Å². The van der Waals surface area contributed by atoms with E-state index in [9.17, 15) is 5.11 Å². The average Bonchev–Trinajstić information content (AvgIpc) is 3.13. The second-order valence-electron chi connectivity index (χ2n) is 6.43. The minimum Gasteiger partial charge on any atom is -0.505 e. The minimum atomic E-state index is -0.0274. The Morgan fingerprint density at radius 2 is 1.83 bits per heavy atom. The summed E-state index contributed by atoms with van der Waals surface area (Å²) >= 11 is 0. The maximum atomic E-state index is 10.9. The first kappa shape index (κ1) is 15.1. The number of aromatic nitrogens is 2. The first-order chi connectivity index (χ1) is 11.7. The molecule has 4 rings (SSSR count). The van der Waals surface area contributed by atoms with Gasteiger partial charge in [-0.2, -0.15) is 0 Å². The number of hydrogen-bond acceptors (Lipinski definition) is 4. The van der Waals surface area contributed by atoms with Crippen LogP contribution in [0.3, 0.4) is 0 Å². The van der Waals surface area contributed by atoms with E-state index in [1.54, 1.807) is 0 Å². The number of nitrogens with zero attached hydrogens (tertiary/aromatic N) is 3. The van der Waals surface area contributed by atoms with Gasteiger partial charge in [0.25, 0.3) is 0 Å². The van der Waals surface area contributed by atoms with Crippen molar-refractivity contribution in [1.29, 1.82) is 0 Å². The highest BCUT2D eigenvalue weighted by Gasteiger charge is 2.28. The van der Waals surface area contributed by atoms with Gasteiger partial charge < -0.3 is 5.11 Å². The van der Waals surface area contributed by atoms with E-state index in [1.165, 1.54) is 12.8 Å². The maximum Gasteiger partial charge on any atom is 0.146 e. The lowest BCUT2D eigenvalue weighted by atomic mass is 9.98. The van der Waals surface area contributed by atoms with Gasteiger partial charge in [-0.1, -0.05) is 24.3 Å². The normalized spacial score (nSPS) is 16.5. The van der Waals surface area contributed by atoms with Crippen molar-refractivity contribution in [2.45, 2.75) is 25.8 Å². The van der Waals surface area contributed by atoms with Gasteiger partial charge in [-0.15, -0.1) is 0 Å². The van der Waals surface area contributed by atoms with Crippen molar-refractivity contribution in [2.24, 2.45) is 0 Å². The van der Waals surface area contributed by atoms with Crippen LogP contribution in [0, 0.1) is 6.92 Å². The van der Waals surface area contributed by atoms with Crippen LogP contribution >= 0.6 is 0 Å². The van der Waals surface area contributed by atoms with E-state index in [-0.39, 0.29) is 11.8 Å². The summed E-state index contributed by atoms with van der Waals surface area (Å²) in [5, 5.41) is 11.9. The lowest BCUT2D eigenvalue weighted by molar-refractivity contribution is 0.271.